The second-order valence-corrected chi connectivity index (χ2v) is 4.71. The van der Waals surface area contributed by atoms with Crippen molar-refractivity contribution in [3.63, 3.8) is 0 Å². The van der Waals surface area contributed by atoms with Crippen molar-refractivity contribution in [2.75, 3.05) is 32.8 Å². The van der Waals surface area contributed by atoms with E-state index in [9.17, 15) is 18.3 Å². The standard InChI is InChI=1S/C11H20F3NO2/c1-2-4-10(16)7-15(8-10)5-3-6-17-9-11(12,13)14/h16H,2-9H2,1H3. The largest absolute Gasteiger partial charge is 0.411 e. The van der Waals surface area contributed by atoms with Gasteiger partial charge < -0.3 is 9.84 Å². The number of nitrogens with zero attached hydrogens (tertiary/aromatic N) is 1. The highest BCUT2D eigenvalue weighted by Crippen LogP contribution is 2.25. The topological polar surface area (TPSA) is 32.7 Å². The molecule has 0 bridgehead atoms. The molecule has 0 aromatic rings. The Morgan fingerprint density at radius 3 is 2.53 bits per heavy atom. The maximum Gasteiger partial charge on any atom is 0.411 e. The van der Waals surface area contributed by atoms with Crippen molar-refractivity contribution in [1.82, 2.24) is 4.90 Å². The van der Waals surface area contributed by atoms with Gasteiger partial charge >= 0.3 is 6.18 Å². The zero-order valence-corrected chi connectivity index (χ0v) is 10.1. The molecule has 0 aromatic heterocycles. The molecule has 1 rings (SSSR count). The number of ether oxygens (including phenoxy) is 1. The van der Waals surface area contributed by atoms with Crippen LogP contribution in [0.15, 0.2) is 0 Å². The minimum Gasteiger partial charge on any atom is -0.387 e. The Kier molecular flexibility index (Phi) is 5.22. The van der Waals surface area contributed by atoms with Gasteiger partial charge in [0.15, 0.2) is 0 Å². The minimum atomic E-state index is -4.24. The van der Waals surface area contributed by atoms with Gasteiger partial charge in [0.2, 0.25) is 0 Å². The zero-order chi connectivity index (χ0) is 12.9. The lowest BCUT2D eigenvalue weighted by Crippen LogP contribution is -2.61. The normalized spacial score (nSPS) is 20.3. The van der Waals surface area contributed by atoms with Gasteiger partial charge in [0.05, 0.1) is 5.60 Å². The summed E-state index contributed by atoms with van der Waals surface area (Å²) in [5.41, 5.74) is -0.568. The highest BCUT2D eigenvalue weighted by atomic mass is 19.4. The lowest BCUT2D eigenvalue weighted by molar-refractivity contribution is -0.174. The highest BCUT2D eigenvalue weighted by Gasteiger charge is 2.39. The van der Waals surface area contributed by atoms with E-state index >= 15 is 0 Å². The number of β-amino-alcohol motifs (C(OH)–C–C–N with tert-alkyl or cyclic N) is 1. The van der Waals surface area contributed by atoms with Crippen molar-refractivity contribution < 1.29 is 23.0 Å². The van der Waals surface area contributed by atoms with Gasteiger partial charge in [0.25, 0.3) is 0 Å². The first-order chi connectivity index (χ1) is 7.85. The van der Waals surface area contributed by atoms with Crippen LogP contribution in [0.1, 0.15) is 26.2 Å². The molecule has 0 atom stereocenters. The van der Waals surface area contributed by atoms with Gasteiger partial charge in [-0.15, -0.1) is 0 Å². The second kappa shape index (κ2) is 6.02. The lowest BCUT2D eigenvalue weighted by atomic mass is 9.89. The number of hydrogen-bond donors (Lipinski definition) is 1. The van der Waals surface area contributed by atoms with E-state index in [1.807, 2.05) is 11.8 Å². The fourth-order valence-electron chi connectivity index (χ4n) is 2.15. The third-order valence-electron chi connectivity index (χ3n) is 2.78. The van der Waals surface area contributed by atoms with E-state index in [0.29, 0.717) is 26.1 Å². The molecule has 1 aliphatic heterocycles. The van der Waals surface area contributed by atoms with E-state index < -0.39 is 18.4 Å². The molecule has 1 heterocycles. The van der Waals surface area contributed by atoms with Gasteiger partial charge in [0, 0.05) is 26.2 Å². The van der Waals surface area contributed by atoms with Crippen LogP contribution in [0, 0.1) is 0 Å². The quantitative estimate of drug-likeness (QED) is 0.704. The van der Waals surface area contributed by atoms with Crippen molar-refractivity contribution in [1.29, 1.82) is 0 Å². The smallest absolute Gasteiger partial charge is 0.387 e. The summed E-state index contributed by atoms with van der Waals surface area (Å²) in [5.74, 6) is 0. The maximum absolute atomic E-state index is 11.7. The molecule has 1 saturated heterocycles. The summed E-state index contributed by atoms with van der Waals surface area (Å²) in [7, 11) is 0. The Morgan fingerprint density at radius 1 is 1.35 bits per heavy atom. The van der Waals surface area contributed by atoms with Gasteiger partial charge in [0.1, 0.15) is 6.61 Å². The molecular weight excluding hydrogens is 235 g/mol. The van der Waals surface area contributed by atoms with Crippen molar-refractivity contribution in [3.8, 4) is 0 Å². The molecule has 0 aliphatic carbocycles. The third-order valence-corrected chi connectivity index (χ3v) is 2.78. The highest BCUT2D eigenvalue weighted by molar-refractivity contribution is 4.94. The number of likely N-dealkylation sites (tertiary alicyclic amines) is 1. The molecule has 0 aromatic carbocycles. The van der Waals surface area contributed by atoms with Crippen LogP contribution < -0.4 is 0 Å². The molecule has 0 amide bonds. The van der Waals surface area contributed by atoms with Crippen LogP contribution in [0.4, 0.5) is 13.2 Å². The molecule has 3 nitrogen and oxygen atoms in total. The summed E-state index contributed by atoms with van der Waals surface area (Å²) >= 11 is 0. The van der Waals surface area contributed by atoms with Crippen molar-refractivity contribution >= 4 is 0 Å². The molecule has 1 fully saturated rings. The predicted molar refractivity (Wildman–Crippen MR) is 57.8 cm³/mol. The molecule has 6 heteroatoms. The summed E-state index contributed by atoms with van der Waals surface area (Å²) < 4.78 is 39.7. The summed E-state index contributed by atoms with van der Waals surface area (Å²) in [6.07, 6.45) is -1.94. The zero-order valence-electron chi connectivity index (χ0n) is 10.1. The molecule has 102 valence electrons. The maximum atomic E-state index is 11.7. The van der Waals surface area contributed by atoms with Crippen LogP contribution in [0.25, 0.3) is 0 Å². The average Bonchev–Trinajstić information content (AvgIpc) is 2.13. The first-order valence-electron chi connectivity index (χ1n) is 5.94. The second-order valence-electron chi connectivity index (χ2n) is 4.71. The molecule has 1 aliphatic rings. The van der Waals surface area contributed by atoms with Gasteiger partial charge in [-0.1, -0.05) is 13.3 Å². The van der Waals surface area contributed by atoms with Gasteiger partial charge in [-0.05, 0) is 12.8 Å². The summed E-state index contributed by atoms with van der Waals surface area (Å²) in [5, 5.41) is 9.87. The molecular formula is C11H20F3NO2. The van der Waals surface area contributed by atoms with Gasteiger partial charge in [-0.25, -0.2) is 0 Å². The molecule has 17 heavy (non-hydrogen) atoms. The fourth-order valence-corrected chi connectivity index (χ4v) is 2.15. The number of rotatable bonds is 7. The van der Waals surface area contributed by atoms with Gasteiger partial charge in [-0.2, -0.15) is 13.2 Å². The van der Waals surface area contributed by atoms with E-state index in [2.05, 4.69) is 4.74 Å². The van der Waals surface area contributed by atoms with Crippen molar-refractivity contribution in [2.24, 2.45) is 0 Å². The lowest BCUT2D eigenvalue weighted by Gasteiger charge is -2.46. The van der Waals surface area contributed by atoms with E-state index in [1.54, 1.807) is 0 Å². The van der Waals surface area contributed by atoms with E-state index in [-0.39, 0.29) is 6.61 Å². The number of alkyl halides is 3. The Labute approximate surface area is 99.5 Å². The monoisotopic (exact) mass is 255 g/mol. The van der Waals surface area contributed by atoms with Crippen LogP contribution >= 0.6 is 0 Å². The molecule has 0 spiro atoms. The number of halogens is 3. The fraction of sp³-hybridized carbons (Fsp3) is 1.00. The SMILES string of the molecule is CCCC1(O)CN(CCCOCC(F)(F)F)C1. The van der Waals surface area contributed by atoms with Crippen LogP contribution in [0.3, 0.4) is 0 Å². The minimum absolute atomic E-state index is 0.113. The average molecular weight is 255 g/mol. The summed E-state index contributed by atoms with van der Waals surface area (Å²) in [6, 6.07) is 0. The Bertz CT molecular complexity index is 227. The Morgan fingerprint density at radius 2 is 2.00 bits per heavy atom. The predicted octanol–water partition coefficient (Wildman–Crippen LogP) is 1.80. The summed E-state index contributed by atoms with van der Waals surface area (Å²) in [6.45, 7) is 2.89. The van der Waals surface area contributed by atoms with Crippen LogP contribution in [-0.2, 0) is 4.74 Å². The Balaban J connectivity index is 1.96. The first kappa shape index (κ1) is 14.7. The molecule has 0 radical (unpaired) electrons. The molecule has 0 unspecified atom stereocenters. The van der Waals surface area contributed by atoms with Crippen molar-refractivity contribution in [3.05, 3.63) is 0 Å². The summed E-state index contributed by atoms with van der Waals surface area (Å²) in [4.78, 5) is 2.03. The molecule has 1 N–H and O–H groups in total. The van der Waals surface area contributed by atoms with E-state index in [4.69, 9.17) is 0 Å². The van der Waals surface area contributed by atoms with E-state index in [0.717, 1.165) is 12.8 Å². The third kappa shape index (κ3) is 5.70. The molecule has 0 saturated carbocycles. The number of aliphatic hydroxyl groups is 1. The first-order valence-corrected chi connectivity index (χ1v) is 5.94. The van der Waals surface area contributed by atoms with Crippen LogP contribution in [0.5, 0.6) is 0 Å². The van der Waals surface area contributed by atoms with E-state index in [1.165, 1.54) is 0 Å². The van der Waals surface area contributed by atoms with Gasteiger partial charge in [-0.3, -0.25) is 4.90 Å². The van der Waals surface area contributed by atoms with Crippen LogP contribution in [0.2, 0.25) is 0 Å². The Hall–Kier alpha value is -0.330. The van der Waals surface area contributed by atoms with Crippen LogP contribution in [-0.4, -0.2) is 54.6 Å². The van der Waals surface area contributed by atoms with Crippen molar-refractivity contribution in [2.45, 2.75) is 38.0 Å². The number of hydrogen-bond acceptors (Lipinski definition) is 3.